The Morgan fingerprint density at radius 3 is 2.34 bits per heavy atom. The lowest BCUT2D eigenvalue weighted by atomic mass is 10.1. The van der Waals surface area contributed by atoms with Crippen LogP contribution in [0.25, 0.3) is 0 Å². The Hall–Kier alpha value is -2.15. The van der Waals surface area contributed by atoms with Crippen molar-refractivity contribution in [3.05, 3.63) is 80.0 Å². The maximum atomic E-state index is 13.1. The fraction of sp³-hybridized carbons (Fsp3) is 0.143. The van der Waals surface area contributed by atoms with Crippen molar-refractivity contribution in [3.63, 3.8) is 0 Å². The molecule has 0 aliphatic carbocycles. The Morgan fingerprint density at radius 2 is 1.72 bits per heavy atom. The van der Waals surface area contributed by atoms with Crippen molar-refractivity contribution in [1.29, 1.82) is 0 Å². The fourth-order valence-electron chi connectivity index (χ4n) is 2.66. The SMILES string of the molecule is COc1ccc(Br)c(CNc2cc(Cl)c(O)c(Cl)c2)c1OCc1ccc(F)cc1. The van der Waals surface area contributed by atoms with Gasteiger partial charge in [0.2, 0.25) is 0 Å². The highest BCUT2D eigenvalue weighted by atomic mass is 79.9. The molecule has 8 heteroatoms. The number of phenols is 1. The fourth-order valence-corrected chi connectivity index (χ4v) is 3.60. The second kappa shape index (κ2) is 9.57. The summed E-state index contributed by atoms with van der Waals surface area (Å²) in [6.45, 7) is 0.616. The zero-order valence-electron chi connectivity index (χ0n) is 15.3. The second-order valence-corrected chi connectivity index (χ2v) is 7.78. The van der Waals surface area contributed by atoms with Gasteiger partial charge in [-0.3, -0.25) is 0 Å². The Kier molecular flexibility index (Phi) is 7.11. The minimum absolute atomic E-state index is 0.150. The van der Waals surface area contributed by atoms with E-state index < -0.39 is 0 Å². The van der Waals surface area contributed by atoms with Gasteiger partial charge in [-0.1, -0.05) is 51.3 Å². The number of aromatic hydroxyl groups is 1. The third-order valence-corrected chi connectivity index (χ3v) is 5.49. The molecule has 0 heterocycles. The van der Waals surface area contributed by atoms with Gasteiger partial charge in [-0.2, -0.15) is 0 Å². The summed E-state index contributed by atoms with van der Waals surface area (Å²) in [4.78, 5) is 0. The van der Waals surface area contributed by atoms with Gasteiger partial charge >= 0.3 is 0 Å². The summed E-state index contributed by atoms with van der Waals surface area (Å²) in [5.41, 5.74) is 2.27. The molecule has 0 amide bonds. The van der Waals surface area contributed by atoms with Crippen LogP contribution in [0.1, 0.15) is 11.1 Å². The first-order chi connectivity index (χ1) is 13.9. The number of ether oxygens (including phenoxy) is 2. The molecule has 3 aromatic carbocycles. The molecule has 0 saturated heterocycles. The van der Waals surface area contributed by atoms with Crippen molar-refractivity contribution in [2.75, 3.05) is 12.4 Å². The highest BCUT2D eigenvalue weighted by Crippen LogP contribution is 2.38. The maximum absolute atomic E-state index is 13.1. The molecule has 0 atom stereocenters. The van der Waals surface area contributed by atoms with E-state index in [0.717, 1.165) is 15.6 Å². The quantitative estimate of drug-likeness (QED) is 0.350. The van der Waals surface area contributed by atoms with E-state index in [2.05, 4.69) is 21.2 Å². The summed E-state index contributed by atoms with van der Waals surface area (Å²) in [5, 5.41) is 13.2. The topological polar surface area (TPSA) is 50.7 Å². The van der Waals surface area contributed by atoms with Gasteiger partial charge in [-0.25, -0.2) is 4.39 Å². The van der Waals surface area contributed by atoms with E-state index in [-0.39, 0.29) is 28.2 Å². The number of hydrogen-bond acceptors (Lipinski definition) is 4. The van der Waals surface area contributed by atoms with Gasteiger partial charge < -0.3 is 19.9 Å². The Balaban J connectivity index is 1.84. The first kappa shape index (κ1) is 21.6. The number of phenolic OH excluding ortho intramolecular Hbond substituents is 1. The lowest BCUT2D eigenvalue weighted by Gasteiger charge is -2.18. The van der Waals surface area contributed by atoms with Crippen LogP contribution in [0.2, 0.25) is 10.0 Å². The standard InChI is InChI=1S/C21H17BrCl2FNO3/c1-28-19-7-6-16(22)15(10-26-14-8-17(23)20(27)18(24)9-14)21(19)29-11-12-2-4-13(25)5-3-12/h2-9,26-27H,10-11H2,1H3. The van der Waals surface area contributed by atoms with Crippen molar-refractivity contribution in [3.8, 4) is 17.2 Å². The normalized spacial score (nSPS) is 10.7. The monoisotopic (exact) mass is 499 g/mol. The molecule has 0 bridgehead atoms. The van der Waals surface area contributed by atoms with Gasteiger partial charge in [-0.05, 0) is 42.0 Å². The van der Waals surface area contributed by atoms with Crippen LogP contribution in [0.5, 0.6) is 17.2 Å². The van der Waals surface area contributed by atoms with Crippen LogP contribution in [-0.4, -0.2) is 12.2 Å². The number of anilines is 1. The number of hydrogen-bond donors (Lipinski definition) is 2. The predicted molar refractivity (Wildman–Crippen MR) is 117 cm³/mol. The maximum Gasteiger partial charge on any atom is 0.167 e. The third-order valence-electron chi connectivity index (χ3n) is 4.17. The predicted octanol–water partition coefficient (Wildman–Crippen LogP) is 6.80. The van der Waals surface area contributed by atoms with Crippen LogP contribution < -0.4 is 14.8 Å². The molecule has 0 unspecified atom stereocenters. The van der Waals surface area contributed by atoms with Gasteiger partial charge in [0, 0.05) is 22.3 Å². The summed E-state index contributed by atoms with van der Waals surface area (Å²) >= 11 is 15.5. The van der Waals surface area contributed by atoms with Crippen molar-refractivity contribution in [1.82, 2.24) is 0 Å². The molecule has 3 aromatic rings. The molecule has 3 rings (SSSR count). The summed E-state index contributed by atoms with van der Waals surface area (Å²) in [6, 6.07) is 12.9. The average Bonchev–Trinajstić information content (AvgIpc) is 2.70. The van der Waals surface area contributed by atoms with Crippen LogP contribution in [0.3, 0.4) is 0 Å². The van der Waals surface area contributed by atoms with E-state index in [1.54, 1.807) is 37.4 Å². The van der Waals surface area contributed by atoms with Crippen LogP contribution in [0.4, 0.5) is 10.1 Å². The smallest absolute Gasteiger partial charge is 0.167 e. The third kappa shape index (κ3) is 5.26. The number of nitrogens with one attached hydrogen (secondary N) is 1. The van der Waals surface area contributed by atoms with Crippen LogP contribution in [0.15, 0.2) is 53.0 Å². The molecule has 0 aliphatic rings. The Bertz CT molecular complexity index is 993. The van der Waals surface area contributed by atoms with Crippen LogP contribution in [-0.2, 0) is 13.2 Å². The molecule has 0 spiro atoms. The lowest BCUT2D eigenvalue weighted by Crippen LogP contribution is -2.06. The largest absolute Gasteiger partial charge is 0.505 e. The zero-order valence-corrected chi connectivity index (χ0v) is 18.4. The molecule has 152 valence electrons. The number of halogens is 4. The summed E-state index contributed by atoms with van der Waals surface area (Å²) in [5.74, 6) is 0.651. The van der Waals surface area contributed by atoms with Gasteiger partial charge in [-0.15, -0.1) is 0 Å². The molecule has 0 fully saturated rings. The van der Waals surface area contributed by atoms with E-state index >= 15 is 0 Å². The number of rotatable bonds is 7. The molecule has 4 nitrogen and oxygen atoms in total. The summed E-state index contributed by atoms with van der Waals surface area (Å²) in [7, 11) is 1.56. The van der Waals surface area contributed by atoms with Crippen LogP contribution in [0, 0.1) is 5.82 Å². The van der Waals surface area contributed by atoms with Gasteiger partial charge in [0.25, 0.3) is 0 Å². The first-order valence-electron chi connectivity index (χ1n) is 8.53. The Labute approximate surface area is 186 Å². The first-order valence-corrected chi connectivity index (χ1v) is 10.1. The minimum Gasteiger partial charge on any atom is -0.505 e. The number of methoxy groups -OCH3 is 1. The molecule has 2 N–H and O–H groups in total. The minimum atomic E-state index is -0.301. The van der Waals surface area contributed by atoms with E-state index in [0.29, 0.717) is 23.7 Å². The Morgan fingerprint density at radius 1 is 1.07 bits per heavy atom. The molecule has 0 aliphatic heterocycles. The van der Waals surface area contributed by atoms with E-state index in [1.165, 1.54) is 12.1 Å². The van der Waals surface area contributed by atoms with Gasteiger partial charge in [0.05, 0.1) is 17.2 Å². The second-order valence-electron chi connectivity index (χ2n) is 6.11. The average molecular weight is 501 g/mol. The van der Waals surface area contributed by atoms with Crippen LogP contribution >= 0.6 is 39.1 Å². The highest BCUT2D eigenvalue weighted by molar-refractivity contribution is 9.10. The van der Waals surface area contributed by atoms with Gasteiger partial charge in [0.1, 0.15) is 12.4 Å². The van der Waals surface area contributed by atoms with E-state index in [4.69, 9.17) is 32.7 Å². The van der Waals surface area contributed by atoms with Crippen molar-refractivity contribution in [2.24, 2.45) is 0 Å². The summed E-state index contributed by atoms with van der Waals surface area (Å²) in [6.07, 6.45) is 0. The van der Waals surface area contributed by atoms with Crippen molar-refractivity contribution in [2.45, 2.75) is 13.2 Å². The molecule has 0 radical (unpaired) electrons. The molecule has 0 saturated carbocycles. The number of benzene rings is 3. The van der Waals surface area contributed by atoms with E-state index in [9.17, 15) is 9.50 Å². The lowest BCUT2D eigenvalue weighted by molar-refractivity contribution is 0.281. The van der Waals surface area contributed by atoms with Crippen molar-refractivity contribution >= 4 is 44.8 Å². The molecular weight excluding hydrogens is 484 g/mol. The zero-order chi connectivity index (χ0) is 21.0. The van der Waals surface area contributed by atoms with E-state index in [1.807, 2.05) is 6.07 Å². The van der Waals surface area contributed by atoms with Crippen molar-refractivity contribution < 1.29 is 19.0 Å². The molecule has 29 heavy (non-hydrogen) atoms. The molecule has 0 aromatic heterocycles. The molecular formula is C21H17BrCl2FNO3. The van der Waals surface area contributed by atoms with Gasteiger partial charge in [0.15, 0.2) is 17.2 Å². The summed E-state index contributed by atoms with van der Waals surface area (Å²) < 4.78 is 25.4. The highest BCUT2D eigenvalue weighted by Gasteiger charge is 2.16.